The summed E-state index contributed by atoms with van der Waals surface area (Å²) in [6.07, 6.45) is 2.02. The molecular formula is C13H26N2O3. The van der Waals surface area contributed by atoms with Crippen LogP contribution < -0.4 is 5.73 Å². The maximum Gasteiger partial charge on any atom is 0.239 e. The Hall–Kier alpha value is -0.650. The lowest BCUT2D eigenvalue weighted by atomic mass is 9.93. The van der Waals surface area contributed by atoms with Crippen LogP contribution in [-0.2, 0) is 9.53 Å². The summed E-state index contributed by atoms with van der Waals surface area (Å²) in [4.78, 5) is 13.7. The largest absolute Gasteiger partial charge is 0.388 e. The van der Waals surface area contributed by atoms with Gasteiger partial charge in [-0.2, -0.15) is 0 Å². The van der Waals surface area contributed by atoms with Crippen LogP contribution in [0, 0.1) is 5.92 Å². The van der Waals surface area contributed by atoms with Gasteiger partial charge in [-0.15, -0.1) is 0 Å². The van der Waals surface area contributed by atoms with Crippen LogP contribution in [0.5, 0.6) is 0 Å². The summed E-state index contributed by atoms with van der Waals surface area (Å²) in [7, 11) is 1.71. The second kappa shape index (κ2) is 6.50. The summed E-state index contributed by atoms with van der Waals surface area (Å²) in [6.45, 7) is 5.43. The van der Waals surface area contributed by atoms with E-state index in [2.05, 4.69) is 0 Å². The first kappa shape index (κ1) is 15.4. The number of nitrogens with zero attached hydrogens (tertiary/aromatic N) is 1. The fraction of sp³-hybridized carbons (Fsp3) is 0.923. The number of carbonyl (C=O) groups excluding carboxylic acids is 1. The van der Waals surface area contributed by atoms with Crippen molar-refractivity contribution in [3.8, 4) is 0 Å². The molecule has 106 valence electrons. The van der Waals surface area contributed by atoms with Crippen LogP contribution in [0.4, 0.5) is 0 Å². The molecule has 0 bridgehead atoms. The zero-order chi connectivity index (χ0) is 13.8. The molecule has 1 heterocycles. The third-order valence-corrected chi connectivity index (χ3v) is 3.87. The molecule has 0 aromatic heterocycles. The Bertz CT molecular complexity index is 277. The smallest absolute Gasteiger partial charge is 0.239 e. The quantitative estimate of drug-likeness (QED) is 0.746. The first-order valence-corrected chi connectivity index (χ1v) is 6.70. The Kier molecular flexibility index (Phi) is 5.56. The Morgan fingerprint density at radius 1 is 1.50 bits per heavy atom. The first-order chi connectivity index (χ1) is 8.39. The van der Waals surface area contributed by atoms with Crippen LogP contribution in [0.1, 0.15) is 33.1 Å². The van der Waals surface area contributed by atoms with E-state index in [4.69, 9.17) is 10.5 Å². The summed E-state index contributed by atoms with van der Waals surface area (Å²) in [5.41, 5.74) is 5.10. The molecule has 0 aliphatic carbocycles. The average Bonchev–Trinajstić information content (AvgIpc) is 2.36. The Morgan fingerprint density at radius 3 is 2.56 bits per heavy atom. The number of hydrogen-bond donors (Lipinski definition) is 2. The number of aliphatic hydroxyl groups is 1. The minimum Gasteiger partial charge on any atom is -0.388 e. The van der Waals surface area contributed by atoms with Gasteiger partial charge in [0.1, 0.15) is 0 Å². The molecular weight excluding hydrogens is 232 g/mol. The van der Waals surface area contributed by atoms with Crippen molar-refractivity contribution in [3.63, 3.8) is 0 Å². The molecule has 3 N–H and O–H groups in total. The van der Waals surface area contributed by atoms with E-state index in [-0.39, 0.29) is 11.8 Å². The molecule has 1 aliphatic rings. The predicted octanol–water partition coefficient (Wildman–Crippen LogP) is 0.360. The number of nitrogens with two attached hydrogens (primary N) is 1. The van der Waals surface area contributed by atoms with E-state index < -0.39 is 11.6 Å². The van der Waals surface area contributed by atoms with Gasteiger partial charge < -0.3 is 20.5 Å². The molecule has 2 atom stereocenters. The maximum absolute atomic E-state index is 12.1. The highest BCUT2D eigenvalue weighted by Gasteiger charge is 2.34. The molecule has 0 radical (unpaired) electrons. The van der Waals surface area contributed by atoms with Gasteiger partial charge >= 0.3 is 0 Å². The lowest BCUT2D eigenvalue weighted by molar-refractivity contribution is -0.139. The number of ether oxygens (including phenoxy) is 1. The van der Waals surface area contributed by atoms with Gasteiger partial charge in [-0.05, 0) is 5.92 Å². The number of rotatable bonds is 5. The van der Waals surface area contributed by atoms with Crippen molar-refractivity contribution in [2.75, 3.05) is 26.8 Å². The number of likely N-dealkylation sites (N-methyl/N-ethyl adjacent to an activating group) is 1. The van der Waals surface area contributed by atoms with Gasteiger partial charge in [-0.25, -0.2) is 0 Å². The van der Waals surface area contributed by atoms with Gasteiger partial charge in [-0.1, -0.05) is 20.3 Å². The molecule has 1 rings (SSSR count). The standard InChI is InChI=1S/C13H26N2O3/c1-4-10(2)11(14)12(16)15(3)9-13(17)5-7-18-8-6-13/h10-11,17H,4-9,14H2,1-3H3/t10?,11-/m0/s1. The lowest BCUT2D eigenvalue weighted by Gasteiger charge is -2.36. The monoisotopic (exact) mass is 258 g/mol. The molecule has 0 spiro atoms. The molecule has 5 heteroatoms. The zero-order valence-corrected chi connectivity index (χ0v) is 11.7. The summed E-state index contributed by atoms with van der Waals surface area (Å²) < 4.78 is 5.22. The summed E-state index contributed by atoms with van der Waals surface area (Å²) in [6, 6.07) is -0.483. The predicted molar refractivity (Wildman–Crippen MR) is 70.1 cm³/mol. The molecule has 0 aromatic carbocycles. The van der Waals surface area contributed by atoms with Crippen LogP contribution in [0.2, 0.25) is 0 Å². The van der Waals surface area contributed by atoms with Crippen LogP contribution in [-0.4, -0.2) is 54.4 Å². The molecule has 0 saturated carbocycles. The van der Waals surface area contributed by atoms with Crippen molar-refractivity contribution in [1.82, 2.24) is 4.90 Å². The van der Waals surface area contributed by atoms with Crippen molar-refractivity contribution < 1.29 is 14.6 Å². The van der Waals surface area contributed by atoms with E-state index in [1.165, 1.54) is 0 Å². The van der Waals surface area contributed by atoms with E-state index in [0.29, 0.717) is 32.6 Å². The third kappa shape index (κ3) is 3.93. The SMILES string of the molecule is CCC(C)[C@H](N)C(=O)N(C)CC1(O)CCOCC1. The molecule has 1 saturated heterocycles. The van der Waals surface area contributed by atoms with Crippen molar-refractivity contribution in [2.24, 2.45) is 11.7 Å². The van der Waals surface area contributed by atoms with Gasteiger partial charge in [0.25, 0.3) is 0 Å². The molecule has 1 unspecified atom stereocenters. The average molecular weight is 258 g/mol. The van der Waals surface area contributed by atoms with Crippen LogP contribution >= 0.6 is 0 Å². The van der Waals surface area contributed by atoms with Crippen LogP contribution in [0.15, 0.2) is 0 Å². The van der Waals surface area contributed by atoms with Gasteiger partial charge in [-0.3, -0.25) is 4.79 Å². The minimum absolute atomic E-state index is 0.0933. The summed E-state index contributed by atoms with van der Waals surface area (Å²) in [5.74, 6) is 0.0635. The second-order valence-corrected chi connectivity index (χ2v) is 5.44. The van der Waals surface area contributed by atoms with Crippen LogP contribution in [0.25, 0.3) is 0 Å². The highest BCUT2D eigenvalue weighted by atomic mass is 16.5. The number of hydrogen-bond acceptors (Lipinski definition) is 4. The fourth-order valence-corrected chi connectivity index (χ4v) is 2.18. The van der Waals surface area contributed by atoms with Gasteiger partial charge in [0.05, 0.1) is 11.6 Å². The molecule has 18 heavy (non-hydrogen) atoms. The number of carbonyl (C=O) groups is 1. The Balaban J connectivity index is 2.53. The molecule has 5 nitrogen and oxygen atoms in total. The van der Waals surface area contributed by atoms with E-state index >= 15 is 0 Å². The van der Waals surface area contributed by atoms with E-state index in [9.17, 15) is 9.90 Å². The molecule has 0 aromatic rings. The zero-order valence-electron chi connectivity index (χ0n) is 11.7. The maximum atomic E-state index is 12.1. The van der Waals surface area contributed by atoms with Crippen molar-refractivity contribution in [3.05, 3.63) is 0 Å². The minimum atomic E-state index is -0.822. The molecule has 1 amide bonds. The Morgan fingerprint density at radius 2 is 2.06 bits per heavy atom. The number of amides is 1. The van der Waals surface area contributed by atoms with Crippen molar-refractivity contribution in [1.29, 1.82) is 0 Å². The van der Waals surface area contributed by atoms with E-state index in [1.807, 2.05) is 13.8 Å². The molecule has 1 fully saturated rings. The van der Waals surface area contributed by atoms with Crippen molar-refractivity contribution >= 4 is 5.91 Å². The van der Waals surface area contributed by atoms with Crippen molar-refractivity contribution in [2.45, 2.75) is 44.8 Å². The van der Waals surface area contributed by atoms with E-state index in [1.54, 1.807) is 11.9 Å². The highest BCUT2D eigenvalue weighted by molar-refractivity contribution is 5.81. The van der Waals surface area contributed by atoms with Gasteiger partial charge in [0.15, 0.2) is 0 Å². The Labute approximate surface area is 109 Å². The first-order valence-electron chi connectivity index (χ1n) is 6.70. The lowest BCUT2D eigenvalue weighted by Crippen LogP contribution is -2.52. The third-order valence-electron chi connectivity index (χ3n) is 3.87. The normalized spacial score (nSPS) is 22.3. The van der Waals surface area contributed by atoms with Crippen LogP contribution in [0.3, 0.4) is 0 Å². The van der Waals surface area contributed by atoms with Gasteiger partial charge in [0, 0.05) is 39.6 Å². The van der Waals surface area contributed by atoms with Gasteiger partial charge in [0.2, 0.25) is 5.91 Å². The fourth-order valence-electron chi connectivity index (χ4n) is 2.18. The highest BCUT2D eigenvalue weighted by Crippen LogP contribution is 2.21. The summed E-state index contributed by atoms with van der Waals surface area (Å²) in [5, 5.41) is 10.4. The topological polar surface area (TPSA) is 75.8 Å². The van der Waals surface area contributed by atoms with E-state index in [0.717, 1.165) is 6.42 Å². The molecule has 1 aliphatic heterocycles. The summed E-state index contributed by atoms with van der Waals surface area (Å²) >= 11 is 0. The second-order valence-electron chi connectivity index (χ2n) is 5.44.